The number of aromatic nitrogens is 2. The van der Waals surface area contributed by atoms with Gasteiger partial charge in [-0.05, 0) is 24.6 Å². The molecule has 166 valence electrons. The lowest BCUT2D eigenvalue weighted by Crippen LogP contribution is -2.58. The van der Waals surface area contributed by atoms with Crippen molar-refractivity contribution in [3.63, 3.8) is 0 Å². The number of halogens is 1. The van der Waals surface area contributed by atoms with E-state index in [1.54, 1.807) is 18.0 Å². The number of rotatable bonds is 4. The summed E-state index contributed by atoms with van der Waals surface area (Å²) in [7, 11) is 3.10. The molecule has 0 aliphatic carbocycles. The number of carbonyl (C=O) groups is 3. The number of nitrogens with zero attached hydrogens (tertiary/aromatic N) is 4. The number of hydrogen-bond donors (Lipinski definition) is 2. The maximum absolute atomic E-state index is 13.3. The van der Waals surface area contributed by atoms with Gasteiger partial charge in [0, 0.05) is 13.6 Å². The molecular formula is C21H21ClN6O4. The van der Waals surface area contributed by atoms with Crippen LogP contribution in [0.2, 0.25) is 5.02 Å². The monoisotopic (exact) mass is 456 g/mol. The third-order valence-electron chi connectivity index (χ3n) is 5.57. The van der Waals surface area contributed by atoms with Crippen molar-refractivity contribution in [3.05, 3.63) is 47.9 Å². The Morgan fingerprint density at radius 3 is 2.78 bits per heavy atom. The first-order valence-corrected chi connectivity index (χ1v) is 10.1. The lowest BCUT2D eigenvalue weighted by Gasteiger charge is -2.39. The Morgan fingerprint density at radius 2 is 2.12 bits per heavy atom. The van der Waals surface area contributed by atoms with Crippen LogP contribution in [0.4, 0.5) is 17.2 Å². The third kappa shape index (κ3) is 3.52. The van der Waals surface area contributed by atoms with Crippen molar-refractivity contribution < 1.29 is 19.1 Å². The van der Waals surface area contributed by atoms with E-state index < -0.39 is 5.54 Å². The number of ether oxygens (including phenoxy) is 1. The first-order chi connectivity index (χ1) is 15.3. The summed E-state index contributed by atoms with van der Waals surface area (Å²) in [5.74, 6) is -0.0758. The highest BCUT2D eigenvalue weighted by Crippen LogP contribution is 2.45. The van der Waals surface area contributed by atoms with Gasteiger partial charge in [0.2, 0.25) is 5.91 Å². The van der Waals surface area contributed by atoms with Crippen LogP contribution in [-0.2, 0) is 9.59 Å². The molecule has 2 aliphatic heterocycles. The van der Waals surface area contributed by atoms with Gasteiger partial charge in [-0.1, -0.05) is 18.2 Å². The average Bonchev–Trinajstić information content (AvgIpc) is 3.22. The highest BCUT2D eigenvalue weighted by atomic mass is 35.5. The number of amides is 3. The smallest absolute Gasteiger partial charge is 0.272 e. The van der Waals surface area contributed by atoms with Gasteiger partial charge >= 0.3 is 0 Å². The zero-order valence-electron chi connectivity index (χ0n) is 17.5. The van der Waals surface area contributed by atoms with Crippen molar-refractivity contribution in [1.29, 1.82) is 0 Å². The molecular weight excluding hydrogens is 436 g/mol. The predicted octanol–water partition coefficient (Wildman–Crippen LogP) is 1.94. The quantitative estimate of drug-likeness (QED) is 0.675. The van der Waals surface area contributed by atoms with Gasteiger partial charge in [0.25, 0.3) is 11.8 Å². The Morgan fingerprint density at radius 1 is 1.34 bits per heavy atom. The fourth-order valence-corrected chi connectivity index (χ4v) is 4.19. The summed E-state index contributed by atoms with van der Waals surface area (Å²) in [5, 5.41) is 6.09. The normalized spacial score (nSPS) is 19.4. The van der Waals surface area contributed by atoms with Crippen molar-refractivity contribution in [3.8, 4) is 5.75 Å². The summed E-state index contributed by atoms with van der Waals surface area (Å²) < 4.78 is 5.36. The Hall–Kier alpha value is -3.66. The molecule has 1 spiro atoms. The van der Waals surface area contributed by atoms with Crippen LogP contribution in [0.15, 0.2) is 37.2 Å². The number of nitrogens with one attached hydrogen (secondary N) is 2. The first kappa shape index (κ1) is 21.6. The number of hydrogen-bond acceptors (Lipinski definition) is 7. The molecule has 1 saturated heterocycles. The fraction of sp³-hybridized carbons (Fsp3) is 0.286. The number of likely N-dealkylation sites (N-methyl/N-ethyl adjacent to an activating group) is 1. The van der Waals surface area contributed by atoms with Gasteiger partial charge in [-0.25, -0.2) is 9.97 Å². The standard InChI is InChI=1S/C21H21ClN6O4/c1-4-15(29)25-12-5-6-14(23-9-12)19(30)28-8-7-21(11-28)20(31)27(2)16-17(32-3)13(22)10-24-18(16)26-21/h4-6,9-10H,1,7-8,11H2,2-3H3,(H,24,26)(H,25,29). The average molecular weight is 457 g/mol. The molecule has 2 aromatic rings. The van der Waals surface area contributed by atoms with Gasteiger partial charge in [0.15, 0.2) is 11.6 Å². The molecule has 2 aromatic heterocycles. The highest BCUT2D eigenvalue weighted by molar-refractivity contribution is 6.33. The number of likely N-dealkylation sites (tertiary alicyclic amines) is 1. The highest BCUT2D eigenvalue weighted by Gasteiger charge is 2.52. The second-order valence-electron chi connectivity index (χ2n) is 7.51. The van der Waals surface area contributed by atoms with Gasteiger partial charge in [-0.15, -0.1) is 0 Å². The summed E-state index contributed by atoms with van der Waals surface area (Å²) >= 11 is 6.16. The van der Waals surface area contributed by atoms with E-state index in [0.717, 1.165) is 6.08 Å². The summed E-state index contributed by atoms with van der Waals surface area (Å²) in [4.78, 5) is 49.2. The minimum atomic E-state index is -1.01. The van der Waals surface area contributed by atoms with Gasteiger partial charge < -0.3 is 25.2 Å². The molecule has 0 saturated carbocycles. The van der Waals surface area contributed by atoms with Crippen molar-refractivity contribution in [1.82, 2.24) is 14.9 Å². The topological polar surface area (TPSA) is 117 Å². The molecule has 0 radical (unpaired) electrons. The third-order valence-corrected chi connectivity index (χ3v) is 5.84. The largest absolute Gasteiger partial charge is 0.493 e. The van der Waals surface area contributed by atoms with Gasteiger partial charge in [0.05, 0.1) is 31.7 Å². The maximum Gasteiger partial charge on any atom is 0.272 e. The lowest BCUT2D eigenvalue weighted by atomic mass is 9.93. The maximum atomic E-state index is 13.3. The van der Waals surface area contributed by atoms with Crippen molar-refractivity contribution >= 4 is 46.5 Å². The second-order valence-corrected chi connectivity index (χ2v) is 7.92. The number of methoxy groups -OCH3 is 1. The number of pyridine rings is 2. The van der Waals surface area contributed by atoms with Crippen molar-refractivity contribution in [2.75, 3.05) is 42.8 Å². The first-order valence-electron chi connectivity index (χ1n) is 9.77. The fourth-order valence-electron chi connectivity index (χ4n) is 3.97. The van der Waals surface area contributed by atoms with Crippen LogP contribution in [0, 0.1) is 0 Å². The summed E-state index contributed by atoms with van der Waals surface area (Å²) in [5.41, 5.74) is 0.105. The molecule has 11 heteroatoms. The van der Waals surface area contributed by atoms with E-state index in [4.69, 9.17) is 16.3 Å². The number of carbonyl (C=O) groups excluding carboxylic acids is 3. The summed E-state index contributed by atoms with van der Waals surface area (Å²) in [6.45, 7) is 3.90. The zero-order chi connectivity index (χ0) is 23.0. The Balaban J connectivity index is 1.55. The van der Waals surface area contributed by atoms with E-state index in [0.29, 0.717) is 40.9 Å². The van der Waals surface area contributed by atoms with Gasteiger partial charge in [0.1, 0.15) is 21.9 Å². The molecule has 2 aliphatic rings. The summed E-state index contributed by atoms with van der Waals surface area (Å²) in [6.07, 6.45) is 4.40. The summed E-state index contributed by atoms with van der Waals surface area (Å²) in [6, 6.07) is 3.11. The molecule has 2 N–H and O–H groups in total. The second kappa shape index (κ2) is 8.12. The molecule has 1 unspecified atom stereocenters. The van der Waals surface area contributed by atoms with E-state index >= 15 is 0 Å². The van der Waals surface area contributed by atoms with Crippen LogP contribution in [0.5, 0.6) is 5.75 Å². The molecule has 10 nitrogen and oxygen atoms in total. The van der Waals surface area contributed by atoms with E-state index in [9.17, 15) is 14.4 Å². The number of anilines is 3. The van der Waals surface area contributed by atoms with Crippen LogP contribution >= 0.6 is 11.6 Å². The molecule has 4 rings (SSSR count). The minimum absolute atomic E-state index is 0.150. The van der Waals surface area contributed by atoms with Gasteiger partial charge in [-0.3, -0.25) is 14.4 Å². The molecule has 32 heavy (non-hydrogen) atoms. The molecule has 1 atom stereocenters. The Kier molecular flexibility index (Phi) is 5.47. The lowest BCUT2D eigenvalue weighted by molar-refractivity contribution is -0.122. The van der Waals surface area contributed by atoms with Crippen molar-refractivity contribution in [2.24, 2.45) is 0 Å². The van der Waals surface area contributed by atoms with E-state index in [-0.39, 0.29) is 30.0 Å². The van der Waals surface area contributed by atoms with E-state index in [2.05, 4.69) is 27.2 Å². The van der Waals surface area contributed by atoms with Crippen LogP contribution in [0.25, 0.3) is 0 Å². The SMILES string of the molecule is C=CC(=O)Nc1ccc(C(=O)N2CCC3(C2)Nc2ncc(Cl)c(OC)c2N(C)C3=O)nc1. The molecule has 4 heterocycles. The molecule has 3 amide bonds. The van der Waals surface area contributed by atoms with Crippen LogP contribution < -0.4 is 20.3 Å². The van der Waals surface area contributed by atoms with E-state index in [1.807, 2.05) is 0 Å². The minimum Gasteiger partial charge on any atom is -0.493 e. The van der Waals surface area contributed by atoms with Crippen LogP contribution in [0.1, 0.15) is 16.9 Å². The molecule has 0 bridgehead atoms. The van der Waals surface area contributed by atoms with Crippen molar-refractivity contribution in [2.45, 2.75) is 12.0 Å². The Labute approximate surface area is 189 Å². The number of fused-ring (bicyclic) bond motifs is 1. The zero-order valence-corrected chi connectivity index (χ0v) is 18.3. The molecule has 1 fully saturated rings. The predicted molar refractivity (Wildman–Crippen MR) is 119 cm³/mol. The molecule has 0 aromatic carbocycles. The Bertz CT molecular complexity index is 1120. The van der Waals surface area contributed by atoms with Gasteiger partial charge in [-0.2, -0.15) is 0 Å². The van der Waals surface area contributed by atoms with Crippen LogP contribution in [0.3, 0.4) is 0 Å². The van der Waals surface area contributed by atoms with E-state index in [1.165, 1.54) is 30.5 Å². The van der Waals surface area contributed by atoms with Crippen LogP contribution in [-0.4, -0.2) is 65.4 Å².